The number of carbonyl (C=O) groups excluding carboxylic acids is 1. The van der Waals surface area contributed by atoms with Crippen molar-refractivity contribution in [2.75, 3.05) is 0 Å². The van der Waals surface area contributed by atoms with Crippen LogP contribution in [0.25, 0.3) is 0 Å². The van der Waals surface area contributed by atoms with Gasteiger partial charge >= 0.3 is 0 Å². The average molecular weight is 289 g/mol. The fourth-order valence-corrected chi connectivity index (χ4v) is 3.04. The highest BCUT2D eigenvalue weighted by Crippen LogP contribution is 2.28. The number of benzene rings is 1. The molecule has 1 aliphatic rings. The van der Waals surface area contributed by atoms with Gasteiger partial charge in [0.25, 0.3) is 0 Å². The second-order valence-corrected chi connectivity index (χ2v) is 5.71. The molecule has 1 fully saturated rings. The molecule has 21 heavy (non-hydrogen) atoms. The number of carbonyl (C=O) groups is 1. The van der Waals surface area contributed by atoms with Gasteiger partial charge in [-0.2, -0.15) is 0 Å². The van der Waals surface area contributed by atoms with Crippen molar-refractivity contribution in [3.8, 4) is 0 Å². The van der Waals surface area contributed by atoms with E-state index in [2.05, 4.69) is 10.5 Å². The summed E-state index contributed by atoms with van der Waals surface area (Å²) in [6, 6.07) is 9.26. The monoisotopic (exact) mass is 289 g/mol. The highest BCUT2D eigenvalue weighted by Gasteiger charge is 2.29. The third kappa shape index (κ3) is 3.74. The number of nitrogens with one attached hydrogen (secondary N) is 1. The first-order chi connectivity index (χ1) is 10.1. The average Bonchev–Trinajstić information content (AvgIpc) is 3.02. The second-order valence-electron chi connectivity index (χ2n) is 5.71. The fraction of sp³-hybridized carbons (Fsp3) is 0.500. The van der Waals surface area contributed by atoms with E-state index >= 15 is 0 Å². The Balaban J connectivity index is 2.11. The molecule has 0 saturated heterocycles. The number of oxime groups is 1. The van der Waals surface area contributed by atoms with Crippen LogP contribution in [0.15, 0.2) is 35.5 Å². The molecule has 0 spiro atoms. The summed E-state index contributed by atoms with van der Waals surface area (Å²) < 4.78 is 0. The summed E-state index contributed by atoms with van der Waals surface area (Å²) in [5, 5.41) is 15.0. The molecule has 5 nitrogen and oxygen atoms in total. The summed E-state index contributed by atoms with van der Waals surface area (Å²) >= 11 is 0. The predicted molar refractivity (Wildman–Crippen MR) is 82.2 cm³/mol. The van der Waals surface area contributed by atoms with E-state index in [0.717, 1.165) is 18.4 Å². The summed E-state index contributed by atoms with van der Waals surface area (Å²) in [5.41, 5.74) is 6.44. The maximum absolute atomic E-state index is 12.5. The zero-order valence-electron chi connectivity index (χ0n) is 12.3. The number of nitrogens with zero attached hydrogens (tertiary/aromatic N) is 1. The zero-order chi connectivity index (χ0) is 15.2. The quantitative estimate of drug-likeness (QED) is 0.336. The summed E-state index contributed by atoms with van der Waals surface area (Å²) in [5.74, 6) is -0.522. The van der Waals surface area contributed by atoms with Crippen molar-refractivity contribution < 1.29 is 10.0 Å². The molecule has 2 rings (SSSR count). The molecule has 5 heteroatoms. The molecule has 2 atom stereocenters. The van der Waals surface area contributed by atoms with Crippen molar-refractivity contribution >= 4 is 11.7 Å². The van der Waals surface area contributed by atoms with Crippen LogP contribution >= 0.6 is 0 Å². The first-order valence-corrected chi connectivity index (χ1v) is 7.46. The van der Waals surface area contributed by atoms with Crippen molar-refractivity contribution in [2.45, 2.75) is 44.6 Å². The standard InChI is InChI=1S/C16H23N3O2/c1-11(12-7-5-6-8-12)18-16(20)14(15(17)19-21)13-9-3-2-4-10-13/h2-4,9-12,14,21H,5-8H2,1H3,(H2,17,19)(H,18,20). The predicted octanol–water partition coefficient (Wildman–Crippen LogP) is 2.21. The summed E-state index contributed by atoms with van der Waals surface area (Å²) in [4.78, 5) is 12.5. The highest BCUT2D eigenvalue weighted by molar-refractivity contribution is 6.07. The Hall–Kier alpha value is -2.04. The molecule has 1 amide bonds. The van der Waals surface area contributed by atoms with E-state index in [1.165, 1.54) is 12.8 Å². The van der Waals surface area contributed by atoms with E-state index < -0.39 is 5.92 Å². The Bertz CT molecular complexity index is 496. The molecule has 0 radical (unpaired) electrons. The van der Waals surface area contributed by atoms with Crippen LogP contribution in [-0.4, -0.2) is 23.0 Å². The van der Waals surface area contributed by atoms with Crippen LogP contribution in [0, 0.1) is 5.92 Å². The molecule has 0 bridgehead atoms. The minimum atomic E-state index is -0.750. The first kappa shape index (κ1) is 15.4. The van der Waals surface area contributed by atoms with E-state index in [1.54, 1.807) is 0 Å². The highest BCUT2D eigenvalue weighted by atomic mass is 16.4. The molecule has 1 aromatic carbocycles. The van der Waals surface area contributed by atoms with Gasteiger partial charge in [-0.25, -0.2) is 0 Å². The Labute approximate surface area is 125 Å². The first-order valence-electron chi connectivity index (χ1n) is 7.46. The Morgan fingerprint density at radius 3 is 2.52 bits per heavy atom. The van der Waals surface area contributed by atoms with Gasteiger partial charge in [0.05, 0.1) is 0 Å². The molecular formula is C16H23N3O2. The van der Waals surface area contributed by atoms with E-state index in [4.69, 9.17) is 10.9 Å². The van der Waals surface area contributed by atoms with Gasteiger partial charge in [0.1, 0.15) is 5.92 Å². The number of rotatable bonds is 5. The molecular weight excluding hydrogens is 266 g/mol. The van der Waals surface area contributed by atoms with Gasteiger partial charge in [-0.3, -0.25) is 4.79 Å². The molecule has 1 aliphatic carbocycles. The van der Waals surface area contributed by atoms with E-state index in [0.29, 0.717) is 5.92 Å². The van der Waals surface area contributed by atoms with Crippen LogP contribution < -0.4 is 11.1 Å². The molecule has 1 saturated carbocycles. The number of amides is 1. The molecule has 1 aromatic rings. The molecule has 2 unspecified atom stereocenters. The SMILES string of the molecule is CC(NC(=O)C(C(N)=NO)c1ccccc1)C1CCCC1. The molecule has 114 valence electrons. The molecule has 0 aliphatic heterocycles. The third-order valence-corrected chi connectivity index (χ3v) is 4.28. The van der Waals surface area contributed by atoms with Crippen LogP contribution in [0.3, 0.4) is 0 Å². The van der Waals surface area contributed by atoms with Crippen molar-refractivity contribution in [3.63, 3.8) is 0 Å². The number of hydrogen-bond acceptors (Lipinski definition) is 3. The van der Waals surface area contributed by atoms with Crippen molar-refractivity contribution in [1.82, 2.24) is 5.32 Å². The van der Waals surface area contributed by atoms with Gasteiger partial charge in [-0.1, -0.05) is 48.3 Å². The maximum atomic E-state index is 12.5. The molecule has 4 N–H and O–H groups in total. The number of amidine groups is 1. The van der Waals surface area contributed by atoms with E-state index in [1.807, 2.05) is 37.3 Å². The Morgan fingerprint density at radius 1 is 1.33 bits per heavy atom. The number of hydrogen-bond donors (Lipinski definition) is 3. The summed E-state index contributed by atoms with van der Waals surface area (Å²) in [6.45, 7) is 2.03. The van der Waals surface area contributed by atoms with Crippen LogP contribution in [0.1, 0.15) is 44.1 Å². The van der Waals surface area contributed by atoms with Gasteiger partial charge < -0.3 is 16.3 Å². The summed E-state index contributed by atoms with van der Waals surface area (Å²) in [7, 11) is 0. The number of nitrogens with two attached hydrogens (primary N) is 1. The Kier molecular flexibility index (Phi) is 5.20. The lowest BCUT2D eigenvalue weighted by atomic mass is 9.94. The van der Waals surface area contributed by atoms with Crippen molar-refractivity contribution in [1.29, 1.82) is 0 Å². The molecule has 0 aromatic heterocycles. The topological polar surface area (TPSA) is 87.7 Å². The van der Waals surface area contributed by atoms with Gasteiger partial charge in [-0.05, 0) is 31.2 Å². The maximum Gasteiger partial charge on any atom is 0.235 e. The van der Waals surface area contributed by atoms with E-state index in [-0.39, 0.29) is 17.8 Å². The lowest BCUT2D eigenvalue weighted by Crippen LogP contribution is -2.43. The lowest BCUT2D eigenvalue weighted by molar-refractivity contribution is -0.122. The van der Waals surface area contributed by atoms with Gasteiger partial charge in [-0.15, -0.1) is 0 Å². The summed E-state index contributed by atoms with van der Waals surface area (Å²) in [6.07, 6.45) is 4.77. The van der Waals surface area contributed by atoms with Gasteiger partial charge in [0.2, 0.25) is 5.91 Å². The molecule has 0 heterocycles. The van der Waals surface area contributed by atoms with Crippen LogP contribution in [0.5, 0.6) is 0 Å². The minimum Gasteiger partial charge on any atom is -0.409 e. The minimum absolute atomic E-state index is 0.0858. The van der Waals surface area contributed by atoms with Crippen LogP contribution in [-0.2, 0) is 4.79 Å². The largest absolute Gasteiger partial charge is 0.409 e. The third-order valence-electron chi connectivity index (χ3n) is 4.28. The second kappa shape index (κ2) is 7.11. The Morgan fingerprint density at radius 2 is 1.95 bits per heavy atom. The van der Waals surface area contributed by atoms with Gasteiger partial charge in [0, 0.05) is 6.04 Å². The zero-order valence-corrected chi connectivity index (χ0v) is 12.3. The smallest absolute Gasteiger partial charge is 0.235 e. The fourth-order valence-electron chi connectivity index (χ4n) is 3.04. The van der Waals surface area contributed by atoms with E-state index in [9.17, 15) is 4.79 Å². The van der Waals surface area contributed by atoms with Crippen LogP contribution in [0.2, 0.25) is 0 Å². The van der Waals surface area contributed by atoms with Crippen molar-refractivity contribution in [2.24, 2.45) is 16.8 Å². The normalized spacial score (nSPS) is 19.2. The van der Waals surface area contributed by atoms with Gasteiger partial charge in [0.15, 0.2) is 5.84 Å². The lowest BCUT2D eigenvalue weighted by Gasteiger charge is -2.23. The van der Waals surface area contributed by atoms with Crippen molar-refractivity contribution in [3.05, 3.63) is 35.9 Å². The van der Waals surface area contributed by atoms with Crippen LogP contribution in [0.4, 0.5) is 0 Å².